The second kappa shape index (κ2) is 5.94. The lowest BCUT2D eigenvalue weighted by atomic mass is 10.0. The summed E-state index contributed by atoms with van der Waals surface area (Å²) in [6.07, 6.45) is 5.98. The van der Waals surface area contributed by atoms with Crippen LogP contribution in [-0.2, 0) is 4.79 Å². The average Bonchev–Trinajstić information content (AvgIpc) is 2.99. The summed E-state index contributed by atoms with van der Waals surface area (Å²) in [7, 11) is 2.23. The molecular formula is C20H28N2O. The largest absolute Gasteiger partial charge is 0.338 e. The quantitative estimate of drug-likeness (QED) is 0.856. The number of rotatable bonds is 3. The van der Waals surface area contributed by atoms with Gasteiger partial charge in [-0.1, -0.05) is 29.8 Å². The number of carbonyl (C=O) groups is 1. The number of benzene rings is 1. The highest BCUT2D eigenvalue weighted by Crippen LogP contribution is 2.49. The van der Waals surface area contributed by atoms with Gasteiger partial charge in [0.25, 0.3) is 0 Å². The first kappa shape index (κ1) is 15.2. The topological polar surface area (TPSA) is 23.6 Å². The molecule has 3 fully saturated rings. The van der Waals surface area contributed by atoms with Gasteiger partial charge in [0.05, 0.1) is 0 Å². The van der Waals surface area contributed by atoms with Gasteiger partial charge in [-0.05, 0) is 64.1 Å². The van der Waals surface area contributed by atoms with Crippen LogP contribution in [-0.4, -0.2) is 47.9 Å². The molecule has 3 nitrogen and oxygen atoms in total. The Labute approximate surface area is 139 Å². The highest BCUT2D eigenvalue weighted by Gasteiger charge is 2.49. The van der Waals surface area contributed by atoms with Crippen LogP contribution >= 0.6 is 0 Å². The third kappa shape index (κ3) is 2.80. The third-order valence-electron chi connectivity index (χ3n) is 6.18. The summed E-state index contributed by atoms with van der Waals surface area (Å²) in [5, 5.41) is 0. The molecule has 3 aliphatic rings. The smallest absolute Gasteiger partial charge is 0.226 e. The molecule has 0 radical (unpaired) electrons. The normalized spacial score (nSPS) is 34.1. The van der Waals surface area contributed by atoms with Crippen LogP contribution in [0.15, 0.2) is 24.3 Å². The first-order valence-corrected chi connectivity index (χ1v) is 9.22. The number of aryl methyl sites for hydroxylation is 1. The van der Waals surface area contributed by atoms with Crippen LogP contribution in [0.25, 0.3) is 0 Å². The Morgan fingerprint density at radius 1 is 1.13 bits per heavy atom. The molecule has 1 aliphatic carbocycles. The molecule has 4 unspecified atom stereocenters. The summed E-state index contributed by atoms with van der Waals surface area (Å²) in [5.41, 5.74) is 2.66. The Balaban J connectivity index is 1.45. The lowest BCUT2D eigenvalue weighted by Gasteiger charge is -2.33. The summed E-state index contributed by atoms with van der Waals surface area (Å²) < 4.78 is 0. The second-order valence-electron chi connectivity index (χ2n) is 7.79. The predicted octanol–water partition coefficient (Wildman–Crippen LogP) is 3.18. The van der Waals surface area contributed by atoms with Crippen molar-refractivity contribution in [3.8, 4) is 0 Å². The fourth-order valence-electron chi connectivity index (χ4n) is 4.84. The molecule has 4 atom stereocenters. The molecule has 0 N–H and O–H groups in total. The highest BCUT2D eigenvalue weighted by atomic mass is 16.2. The van der Waals surface area contributed by atoms with E-state index in [1.54, 1.807) is 0 Å². The maximum absolute atomic E-state index is 13.1. The van der Waals surface area contributed by atoms with E-state index < -0.39 is 0 Å². The van der Waals surface area contributed by atoms with Crippen molar-refractivity contribution in [3.63, 3.8) is 0 Å². The minimum atomic E-state index is 0.240. The zero-order chi connectivity index (χ0) is 16.0. The van der Waals surface area contributed by atoms with Gasteiger partial charge >= 0.3 is 0 Å². The van der Waals surface area contributed by atoms with Crippen molar-refractivity contribution >= 4 is 5.91 Å². The van der Waals surface area contributed by atoms with Crippen molar-refractivity contribution < 1.29 is 4.79 Å². The Morgan fingerprint density at radius 3 is 2.65 bits per heavy atom. The van der Waals surface area contributed by atoms with E-state index in [-0.39, 0.29) is 5.92 Å². The minimum Gasteiger partial charge on any atom is -0.338 e. The van der Waals surface area contributed by atoms with E-state index in [1.165, 1.54) is 43.4 Å². The van der Waals surface area contributed by atoms with Crippen LogP contribution in [0.2, 0.25) is 0 Å². The maximum atomic E-state index is 13.1. The molecular weight excluding hydrogens is 284 g/mol. The van der Waals surface area contributed by atoms with Crippen LogP contribution in [0.5, 0.6) is 0 Å². The summed E-state index contributed by atoms with van der Waals surface area (Å²) in [4.78, 5) is 17.8. The molecule has 0 bridgehead atoms. The van der Waals surface area contributed by atoms with Crippen molar-refractivity contribution in [2.75, 3.05) is 20.1 Å². The lowest BCUT2D eigenvalue weighted by Crippen LogP contribution is -2.47. The first-order valence-electron chi connectivity index (χ1n) is 9.22. The fourth-order valence-corrected chi connectivity index (χ4v) is 4.84. The molecule has 1 saturated carbocycles. The highest BCUT2D eigenvalue weighted by molar-refractivity contribution is 5.83. The Hall–Kier alpha value is -1.35. The van der Waals surface area contributed by atoms with Gasteiger partial charge in [-0.25, -0.2) is 0 Å². The first-order chi connectivity index (χ1) is 11.1. The van der Waals surface area contributed by atoms with Crippen LogP contribution in [0.3, 0.4) is 0 Å². The average molecular weight is 312 g/mol. The van der Waals surface area contributed by atoms with E-state index in [2.05, 4.69) is 48.0 Å². The van der Waals surface area contributed by atoms with Gasteiger partial charge in [0.15, 0.2) is 0 Å². The molecule has 1 aromatic carbocycles. The molecule has 1 aromatic rings. The van der Waals surface area contributed by atoms with Crippen LogP contribution in [0, 0.1) is 12.8 Å². The lowest BCUT2D eigenvalue weighted by molar-refractivity contribution is -0.134. The number of likely N-dealkylation sites (tertiary alicyclic amines) is 2. The van der Waals surface area contributed by atoms with Gasteiger partial charge in [0.1, 0.15) is 0 Å². The number of carbonyl (C=O) groups excluding carboxylic acids is 1. The molecule has 0 aromatic heterocycles. The summed E-state index contributed by atoms with van der Waals surface area (Å²) in [6.45, 7) is 4.30. The number of hydrogen-bond donors (Lipinski definition) is 0. The van der Waals surface area contributed by atoms with E-state index in [0.717, 1.165) is 13.0 Å². The Morgan fingerprint density at radius 2 is 1.91 bits per heavy atom. The summed E-state index contributed by atoms with van der Waals surface area (Å²) in [5.74, 6) is 1.13. The van der Waals surface area contributed by atoms with Gasteiger partial charge in [-0.3, -0.25) is 4.79 Å². The van der Waals surface area contributed by atoms with Gasteiger partial charge in [0.2, 0.25) is 5.91 Å². The van der Waals surface area contributed by atoms with Gasteiger partial charge in [-0.15, -0.1) is 0 Å². The summed E-state index contributed by atoms with van der Waals surface area (Å²) >= 11 is 0. The molecule has 2 aliphatic heterocycles. The number of amides is 1. The van der Waals surface area contributed by atoms with E-state index in [4.69, 9.17) is 0 Å². The molecule has 4 rings (SSSR count). The van der Waals surface area contributed by atoms with E-state index in [0.29, 0.717) is 23.9 Å². The minimum absolute atomic E-state index is 0.240. The molecule has 23 heavy (non-hydrogen) atoms. The molecule has 1 amide bonds. The molecule has 0 spiro atoms. The Kier molecular flexibility index (Phi) is 3.92. The SMILES string of the molecule is Cc1cccc(C2CC2C(=O)N2CCCC2C2CCCN2C)c1. The van der Waals surface area contributed by atoms with Crippen molar-refractivity contribution in [1.29, 1.82) is 0 Å². The van der Waals surface area contributed by atoms with Gasteiger partial charge in [0, 0.05) is 24.5 Å². The van der Waals surface area contributed by atoms with E-state index in [9.17, 15) is 4.79 Å². The number of hydrogen-bond acceptors (Lipinski definition) is 2. The van der Waals surface area contributed by atoms with Gasteiger partial charge < -0.3 is 9.80 Å². The zero-order valence-electron chi connectivity index (χ0n) is 14.4. The third-order valence-corrected chi connectivity index (χ3v) is 6.18. The molecule has 124 valence electrons. The second-order valence-corrected chi connectivity index (χ2v) is 7.79. The van der Waals surface area contributed by atoms with E-state index >= 15 is 0 Å². The summed E-state index contributed by atoms with van der Waals surface area (Å²) in [6, 6.07) is 9.76. The number of likely N-dealkylation sites (N-methyl/N-ethyl adjacent to an activating group) is 1. The molecule has 3 heteroatoms. The van der Waals surface area contributed by atoms with Crippen LogP contribution < -0.4 is 0 Å². The number of nitrogens with zero attached hydrogens (tertiary/aromatic N) is 2. The van der Waals surface area contributed by atoms with Crippen molar-refractivity contribution in [1.82, 2.24) is 9.80 Å². The van der Waals surface area contributed by atoms with E-state index in [1.807, 2.05) is 0 Å². The maximum Gasteiger partial charge on any atom is 0.226 e. The zero-order valence-corrected chi connectivity index (χ0v) is 14.4. The standard InChI is InChI=1S/C20H28N2O/c1-14-6-3-7-15(12-14)16-13-17(16)20(23)22-11-5-9-19(22)18-8-4-10-21(18)2/h3,6-7,12,16-19H,4-5,8-11,13H2,1-2H3. The van der Waals surface area contributed by atoms with Gasteiger partial charge in [-0.2, -0.15) is 0 Å². The molecule has 2 saturated heterocycles. The Bertz CT molecular complexity index is 599. The van der Waals surface area contributed by atoms with Crippen LogP contribution in [0.1, 0.15) is 49.1 Å². The fraction of sp³-hybridized carbons (Fsp3) is 0.650. The predicted molar refractivity (Wildman–Crippen MR) is 92.4 cm³/mol. The van der Waals surface area contributed by atoms with Crippen LogP contribution in [0.4, 0.5) is 0 Å². The van der Waals surface area contributed by atoms with Crippen molar-refractivity contribution in [3.05, 3.63) is 35.4 Å². The molecule has 2 heterocycles. The van der Waals surface area contributed by atoms with Crippen molar-refractivity contribution in [2.45, 2.75) is 57.0 Å². The monoisotopic (exact) mass is 312 g/mol. The van der Waals surface area contributed by atoms with Crippen molar-refractivity contribution in [2.24, 2.45) is 5.92 Å².